The number of fused-ring (bicyclic) bond motifs is 2. The first-order valence-corrected chi connectivity index (χ1v) is 5.62. The van der Waals surface area contributed by atoms with Gasteiger partial charge in [0.2, 0.25) is 17.3 Å². The number of hydrogen-bond donors (Lipinski definition) is 0. The van der Waals surface area contributed by atoms with Crippen LogP contribution in [-0.4, -0.2) is 4.98 Å². The third-order valence-corrected chi connectivity index (χ3v) is 3.10. The lowest BCUT2D eigenvalue weighted by molar-refractivity contribution is 0.303. The molecule has 2 aromatic rings. The van der Waals surface area contributed by atoms with Gasteiger partial charge in [0.05, 0.1) is 10.0 Å². The average Bonchev–Trinajstić information content (AvgIpc) is 2.36. The molecule has 98 valence electrons. The summed E-state index contributed by atoms with van der Waals surface area (Å²) >= 11 is 11.5. The molecule has 0 radical (unpaired) electrons. The lowest BCUT2D eigenvalue weighted by Crippen LogP contribution is -2.07. The van der Waals surface area contributed by atoms with Gasteiger partial charge in [0.1, 0.15) is 0 Å². The van der Waals surface area contributed by atoms with Crippen molar-refractivity contribution in [3.8, 4) is 23.0 Å². The molecule has 0 amide bonds. The minimum atomic E-state index is -1.62. The lowest BCUT2D eigenvalue weighted by Gasteiger charge is -2.21. The molecule has 0 aliphatic carbocycles. The Balaban J connectivity index is 2.19. The fourth-order valence-electron chi connectivity index (χ4n) is 1.54. The topological polar surface area (TPSA) is 31.4 Å². The Kier molecular flexibility index (Phi) is 2.72. The maximum absolute atomic E-state index is 13.5. The molecule has 1 aliphatic rings. The molecule has 1 aromatic carbocycles. The van der Waals surface area contributed by atoms with Crippen LogP contribution in [0, 0.1) is 17.7 Å². The SMILES string of the molecule is Fc1nc(F)c2c(c1F)Oc1cc(Cl)c(Cl)cc1O2. The third-order valence-electron chi connectivity index (χ3n) is 2.38. The summed E-state index contributed by atoms with van der Waals surface area (Å²) in [6, 6.07) is 2.51. The Morgan fingerprint density at radius 1 is 0.842 bits per heavy atom. The van der Waals surface area contributed by atoms with E-state index in [-0.39, 0.29) is 21.5 Å². The van der Waals surface area contributed by atoms with Gasteiger partial charge in [-0.25, -0.2) is 0 Å². The van der Waals surface area contributed by atoms with Crippen LogP contribution in [0.5, 0.6) is 23.0 Å². The van der Waals surface area contributed by atoms with Crippen LogP contribution >= 0.6 is 23.2 Å². The van der Waals surface area contributed by atoms with Crippen molar-refractivity contribution in [3.63, 3.8) is 0 Å². The Morgan fingerprint density at radius 2 is 1.37 bits per heavy atom. The summed E-state index contributed by atoms with van der Waals surface area (Å²) in [5.74, 6) is -5.76. The van der Waals surface area contributed by atoms with E-state index in [2.05, 4.69) is 4.98 Å². The number of benzene rings is 1. The fourth-order valence-corrected chi connectivity index (χ4v) is 1.85. The summed E-state index contributed by atoms with van der Waals surface area (Å²) in [6.07, 6.45) is 0. The van der Waals surface area contributed by atoms with E-state index in [1.54, 1.807) is 0 Å². The van der Waals surface area contributed by atoms with Crippen molar-refractivity contribution >= 4 is 23.2 Å². The number of pyridine rings is 1. The summed E-state index contributed by atoms with van der Waals surface area (Å²) in [4.78, 5) is 2.73. The van der Waals surface area contributed by atoms with E-state index in [1.165, 1.54) is 12.1 Å². The second-order valence-corrected chi connectivity index (χ2v) is 4.40. The molecule has 0 N–H and O–H groups in total. The zero-order chi connectivity index (χ0) is 13.7. The molecule has 0 fully saturated rings. The smallest absolute Gasteiger partial charge is 0.262 e. The van der Waals surface area contributed by atoms with Gasteiger partial charge in [-0.15, -0.1) is 0 Å². The molecule has 1 aliphatic heterocycles. The second-order valence-electron chi connectivity index (χ2n) is 3.58. The molecule has 0 saturated heterocycles. The van der Waals surface area contributed by atoms with Gasteiger partial charge in [0, 0.05) is 12.1 Å². The van der Waals surface area contributed by atoms with Gasteiger partial charge in [-0.3, -0.25) is 0 Å². The molecule has 3 rings (SSSR count). The Labute approximate surface area is 114 Å². The molecule has 2 heterocycles. The summed E-state index contributed by atoms with van der Waals surface area (Å²) in [7, 11) is 0. The number of hydrogen-bond acceptors (Lipinski definition) is 3. The number of rotatable bonds is 0. The van der Waals surface area contributed by atoms with Gasteiger partial charge in [-0.1, -0.05) is 23.2 Å². The molecule has 0 spiro atoms. The third kappa shape index (κ3) is 1.87. The molecule has 8 heteroatoms. The van der Waals surface area contributed by atoms with Crippen molar-refractivity contribution < 1.29 is 22.6 Å². The monoisotopic (exact) mass is 307 g/mol. The van der Waals surface area contributed by atoms with Gasteiger partial charge in [-0.05, 0) is 0 Å². The number of aromatic nitrogens is 1. The first-order chi connectivity index (χ1) is 8.97. The van der Waals surface area contributed by atoms with E-state index in [4.69, 9.17) is 32.7 Å². The molecular formula is C11H2Cl2F3NO2. The maximum atomic E-state index is 13.5. The zero-order valence-electron chi connectivity index (χ0n) is 8.81. The standard InChI is InChI=1S/C11H2Cl2F3NO2/c12-3-1-5-6(2-4(3)13)19-9-8(18-5)7(14)10(15)17-11(9)16/h1-2H. The van der Waals surface area contributed by atoms with Crippen LogP contribution in [0.15, 0.2) is 12.1 Å². The first-order valence-electron chi connectivity index (χ1n) is 4.86. The van der Waals surface area contributed by atoms with Crippen LogP contribution in [-0.2, 0) is 0 Å². The molecular weight excluding hydrogens is 306 g/mol. The van der Waals surface area contributed by atoms with E-state index in [0.717, 1.165) is 0 Å². The molecule has 0 saturated carbocycles. The van der Waals surface area contributed by atoms with Crippen molar-refractivity contribution in [2.75, 3.05) is 0 Å². The van der Waals surface area contributed by atoms with Crippen LogP contribution < -0.4 is 9.47 Å². The van der Waals surface area contributed by atoms with Crippen LogP contribution in [0.25, 0.3) is 0 Å². The summed E-state index contributed by atoms with van der Waals surface area (Å²) in [5.41, 5.74) is 0. The van der Waals surface area contributed by atoms with Gasteiger partial charge < -0.3 is 9.47 Å². The second kappa shape index (κ2) is 4.18. The average molecular weight is 308 g/mol. The van der Waals surface area contributed by atoms with Crippen molar-refractivity contribution in [2.24, 2.45) is 0 Å². The summed E-state index contributed by atoms with van der Waals surface area (Å²) in [6.45, 7) is 0. The van der Waals surface area contributed by atoms with Crippen molar-refractivity contribution in [3.05, 3.63) is 39.9 Å². The molecule has 0 unspecified atom stereocenters. The van der Waals surface area contributed by atoms with Crippen molar-refractivity contribution in [1.29, 1.82) is 0 Å². The molecule has 19 heavy (non-hydrogen) atoms. The van der Waals surface area contributed by atoms with Gasteiger partial charge in [-0.2, -0.15) is 18.2 Å². The molecule has 0 bridgehead atoms. The Hall–Kier alpha value is -1.66. The van der Waals surface area contributed by atoms with Crippen LogP contribution in [0.4, 0.5) is 13.2 Å². The van der Waals surface area contributed by atoms with E-state index >= 15 is 0 Å². The van der Waals surface area contributed by atoms with E-state index in [1.807, 2.05) is 0 Å². The van der Waals surface area contributed by atoms with Crippen LogP contribution in [0.2, 0.25) is 10.0 Å². The highest BCUT2D eigenvalue weighted by Crippen LogP contribution is 2.49. The highest BCUT2D eigenvalue weighted by Gasteiger charge is 2.30. The minimum Gasteiger partial charge on any atom is -0.446 e. The van der Waals surface area contributed by atoms with Gasteiger partial charge in [0.25, 0.3) is 11.9 Å². The van der Waals surface area contributed by atoms with E-state index in [0.29, 0.717) is 0 Å². The highest BCUT2D eigenvalue weighted by molar-refractivity contribution is 6.42. The Morgan fingerprint density at radius 3 is 1.95 bits per heavy atom. The van der Waals surface area contributed by atoms with Crippen LogP contribution in [0.3, 0.4) is 0 Å². The van der Waals surface area contributed by atoms with Crippen molar-refractivity contribution in [2.45, 2.75) is 0 Å². The van der Waals surface area contributed by atoms with E-state index in [9.17, 15) is 13.2 Å². The maximum Gasteiger partial charge on any atom is 0.262 e. The zero-order valence-corrected chi connectivity index (χ0v) is 10.3. The normalized spacial score (nSPS) is 12.3. The predicted molar refractivity (Wildman–Crippen MR) is 60.7 cm³/mol. The first kappa shape index (κ1) is 12.4. The summed E-state index contributed by atoms with van der Waals surface area (Å²) in [5, 5.41) is 0.270. The largest absolute Gasteiger partial charge is 0.446 e. The number of nitrogens with zero attached hydrogens (tertiary/aromatic N) is 1. The fraction of sp³-hybridized carbons (Fsp3) is 0. The van der Waals surface area contributed by atoms with Crippen LogP contribution in [0.1, 0.15) is 0 Å². The summed E-state index contributed by atoms with van der Waals surface area (Å²) < 4.78 is 50.0. The molecule has 1 aromatic heterocycles. The minimum absolute atomic E-state index is 0.00852. The van der Waals surface area contributed by atoms with E-state index < -0.39 is 29.2 Å². The Bertz CT molecular complexity index is 709. The van der Waals surface area contributed by atoms with Gasteiger partial charge >= 0.3 is 0 Å². The van der Waals surface area contributed by atoms with Gasteiger partial charge in [0.15, 0.2) is 11.5 Å². The van der Waals surface area contributed by atoms with Crippen molar-refractivity contribution in [1.82, 2.24) is 4.98 Å². The molecule has 3 nitrogen and oxygen atoms in total. The molecule has 0 atom stereocenters. The number of ether oxygens (including phenoxy) is 2. The number of halogens is 5. The highest BCUT2D eigenvalue weighted by atomic mass is 35.5. The quantitative estimate of drug-likeness (QED) is 0.564. The predicted octanol–water partition coefficient (Wildman–Crippen LogP) is 4.70. The lowest BCUT2D eigenvalue weighted by atomic mass is 10.2.